The third-order valence-electron chi connectivity index (χ3n) is 2.62. The van der Waals surface area contributed by atoms with Crippen LogP contribution in [0, 0.1) is 5.82 Å². The summed E-state index contributed by atoms with van der Waals surface area (Å²) < 4.78 is 12.9. The Morgan fingerprint density at radius 3 is 2.94 bits per heavy atom. The first-order valence-electron chi connectivity index (χ1n) is 5.40. The Bertz CT molecular complexity index is 551. The molecule has 1 aromatic carbocycles. The molecular formula is C12H10ClFN2S. The predicted molar refractivity (Wildman–Crippen MR) is 69.2 cm³/mol. The summed E-state index contributed by atoms with van der Waals surface area (Å²) in [5.41, 5.74) is 1.57. The van der Waals surface area contributed by atoms with E-state index in [1.807, 2.05) is 5.38 Å². The van der Waals surface area contributed by atoms with Gasteiger partial charge in [0.05, 0.1) is 10.7 Å². The zero-order chi connectivity index (χ0) is 11.8. The molecule has 0 spiro atoms. The van der Waals surface area contributed by atoms with E-state index in [-0.39, 0.29) is 5.82 Å². The van der Waals surface area contributed by atoms with Crippen LogP contribution in [0.3, 0.4) is 0 Å². The van der Waals surface area contributed by atoms with Crippen molar-refractivity contribution in [3.05, 3.63) is 34.4 Å². The van der Waals surface area contributed by atoms with Crippen molar-refractivity contribution in [2.75, 3.05) is 5.32 Å². The van der Waals surface area contributed by atoms with Gasteiger partial charge in [0, 0.05) is 17.0 Å². The Labute approximate surface area is 107 Å². The van der Waals surface area contributed by atoms with Gasteiger partial charge < -0.3 is 5.32 Å². The fourth-order valence-electron chi connectivity index (χ4n) is 1.56. The number of halogens is 2. The largest absolute Gasteiger partial charge is 0.359 e. The average Bonchev–Trinajstić information content (AvgIpc) is 2.96. The molecule has 1 N–H and O–H groups in total. The second kappa shape index (κ2) is 4.27. The number of hydrogen-bond acceptors (Lipinski definition) is 3. The maximum Gasteiger partial charge on any atom is 0.183 e. The van der Waals surface area contributed by atoms with Crippen molar-refractivity contribution < 1.29 is 4.39 Å². The van der Waals surface area contributed by atoms with Crippen molar-refractivity contribution in [2.24, 2.45) is 0 Å². The Balaban J connectivity index is 1.89. The third-order valence-corrected chi connectivity index (χ3v) is 3.70. The van der Waals surface area contributed by atoms with Crippen molar-refractivity contribution in [1.82, 2.24) is 4.98 Å². The number of anilines is 1. The summed E-state index contributed by atoms with van der Waals surface area (Å²) in [5.74, 6) is -0.328. The monoisotopic (exact) mass is 268 g/mol. The van der Waals surface area contributed by atoms with Gasteiger partial charge in [-0.25, -0.2) is 9.37 Å². The fraction of sp³-hybridized carbons (Fsp3) is 0.250. The molecular weight excluding hydrogens is 259 g/mol. The van der Waals surface area contributed by atoms with Gasteiger partial charge in [-0.05, 0) is 31.0 Å². The van der Waals surface area contributed by atoms with E-state index < -0.39 is 0 Å². The van der Waals surface area contributed by atoms with Crippen molar-refractivity contribution in [1.29, 1.82) is 0 Å². The molecule has 0 bridgehead atoms. The van der Waals surface area contributed by atoms with Crippen LogP contribution < -0.4 is 5.32 Å². The maximum atomic E-state index is 12.9. The summed E-state index contributed by atoms with van der Waals surface area (Å²) in [4.78, 5) is 4.45. The SMILES string of the molecule is Fc1ccc(-c2csc(NC3CC3)n2)c(Cl)c1. The van der Waals surface area contributed by atoms with Crippen LogP contribution in [0.1, 0.15) is 12.8 Å². The van der Waals surface area contributed by atoms with Crippen molar-refractivity contribution in [3.63, 3.8) is 0 Å². The molecule has 17 heavy (non-hydrogen) atoms. The van der Waals surface area contributed by atoms with Gasteiger partial charge >= 0.3 is 0 Å². The lowest BCUT2D eigenvalue weighted by Crippen LogP contribution is -1.99. The minimum atomic E-state index is -0.328. The van der Waals surface area contributed by atoms with Gasteiger partial charge in [-0.3, -0.25) is 0 Å². The topological polar surface area (TPSA) is 24.9 Å². The van der Waals surface area contributed by atoms with E-state index >= 15 is 0 Å². The lowest BCUT2D eigenvalue weighted by Gasteiger charge is -2.00. The molecule has 1 aliphatic rings. The highest BCUT2D eigenvalue weighted by Crippen LogP contribution is 2.33. The highest BCUT2D eigenvalue weighted by molar-refractivity contribution is 7.14. The van der Waals surface area contributed by atoms with E-state index in [1.54, 1.807) is 17.4 Å². The van der Waals surface area contributed by atoms with Gasteiger partial charge in [-0.1, -0.05) is 11.6 Å². The highest BCUT2D eigenvalue weighted by Gasteiger charge is 2.22. The minimum Gasteiger partial charge on any atom is -0.359 e. The molecule has 1 aromatic heterocycles. The molecule has 0 aliphatic heterocycles. The van der Waals surface area contributed by atoms with Crippen molar-refractivity contribution in [2.45, 2.75) is 18.9 Å². The molecule has 0 unspecified atom stereocenters. The number of benzene rings is 1. The van der Waals surface area contributed by atoms with Crippen LogP contribution in [-0.4, -0.2) is 11.0 Å². The zero-order valence-corrected chi connectivity index (χ0v) is 10.5. The number of thiazole rings is 1. The summed E-state index contributed by atoms with van der Waals surface area (Å²) in [6.45, 7) is 0. The lowest BCUT2D eigenvalue weighted by atomic mass is 10.2. The normalized spacial score (nSPS) is 14.9. The quantitative estimate of drug-likeness (QED) is 0.903. The van der Waals surface area contributed by atoms with Gasteiger partial charge in [-0.2, -0.15) is 0 Å². The Morgan fingerprint density at radius 2 is 2.24 bits per heavy atom. The number of rotatable bonds is 3. The molecule has 1 fully saturated rings. The van der Waals surface area contributed by atoms with E-state index in [2.05, 4.69) is 10.3 Å². The molecule has 0 atom stereocenters. The molecule has 0 saturated heterocycles. The summed E-state index contributed by atoms with van der Waals surface area (Å²) in [6.07, 6.45) is 2.43. The number of nitrogens with zero attached hydrogens (tertiary/aromatic N) is 1. The van der Waals surface area contributed by atoms with Gasteiger partial charge in [0.2, 0.25) is 0 Å². The van der Waals surface area contributed by atoms with Crippen LogP contribution in [-0.2, 0) is 0 Å². The fourth-order valence-corrected chi connectivity index (χ4v) is 2.62. The molecule has 0 amide bonds. The Morgan fingerprint density at radius 1 is 1.41 bits per heavy atom. The maximum absolute atomic E-state index is 12.9. The first kappa shape index (κ1) is 11.0. The number of nitrogens with one attached hydrogen (secondary N) is 1. The molecule has 5 heteroatoms. The van der Waals surface area contributed by atoms with E-state index in [0.29, 0.717) is 11.1 Å². The first-order valence-corrected chi connectivity index (χ1v) is 6.65. The molecule has 88 valence electrons. The van der Waals surface area contributed by atoms with Gasteiger partial charge in [0.1, 0.15) is 5.82 Å². The van der Waals surface area contributed by atoms with E-state index in [9.17, 15) is 4.39 Å². The van der Waals surface area contributed by atoms with Gasteiger partial charge in [0.15, 0.2) is 5.13 Å². The van der Waals surface area contributed by atoms with E-state index in [1.165, 1.54) is 25.0 Å². The molecule has 0 radical (unpaired) electrons. The Hall–Kier alpha value is -1.13. The molecule has 1 heterocycles. The van der Waals surface area contributed by atoms with Crippen LogP contribution in [0.4, 0.5) is 9.52 Å². The van der Waals surface area contributed by atoms with Crippen LogP contribution in [0.15, 0.2) is 23.6 Å². The van der Waals surface area contributed by atoms with E-state index in [4.69, 9.17) is 11.6 Å². The standard InChI is InChI=1S/C12H10ClFN2S/c13-10-5-7(14)1-4-9(10)11-6-17-12(16-11)15-8-2-3-8/h1,4-6,8H,2-3H2,(H,15,16). The molecule has 1 aliphatic carbocycles. The Kier molecular flexibility index (Phi) is 2.76. The van der Waals surface area contributed by atoms with Gasteiger partial charge in [0.25, 0.3) is 0 Å². The summed E-state index contributed by atoms with van der Waals surface area (Å²) in [7, 11) is 0. The van der Waals surface area contributed by atoms with E-state index in [0.717, 1.165) is 16.4 Å². The smallest absolute Gasteiger partial charge is 0.183 e. The van der Waals surface area contributed by atoms with Crippen molar-refractivity contribution in [3.8, 4) is 11.3 Å². The van der Waals surface area contributed by atoms with Crippen LogP contribution in [0.5, 0.6) is 0 Å². The van der Waals surface area contributed by atoms with Crippen LogP contribution in [0.25, 0.3) is 11.3 Å². The first-order chi connectivity index (χ1) is 8.22. The minimum absolute atomic E-state index is 0.328. The van der Waals surface area contributed by atoms with Crippen LogP contribution >= 0.6 is 22.9 Å². The van der Waals surface area contributed by atoms with Crippen LogP contribution in [0.2, 0.25) is 5.02 Å². The summed E-state index contributed by atoms with van der Waals surface area (Å²) in [5, 5.41) is 6.56. The molecule has 2 aromatic rings. The van der Waals surface area contributed by atoms with Gasteiger partial charge in [-0.15, -0.1) is 11.3 Å². The van der Waals surface area contributed by atoms with Crippen molar-refractivity contribution >= 4 is 28.1 Å². The predicted octanol–water partition coefficient (Wildman–Crippen LogP) is 4.18. The number of hydrogen-bond donors (Lipinski definition) is 1. The summed E-state index contributed by atoms with van der Waals surface area (Å²) >= 11 is 7.55. The lowest BCUT2D eigenvalue weighted by molar-refractivity contribution is 0.628. The average molecular weight is 269 g/mol. The third kappa shape index (κ3) is 2.42. The second-order valence-electron chi connectivity index (χ2n) is 4.08. The highest BCUT2D eigenvalue weighted by atomic mass is 35.5. The molecule has 1 saturated carbocycles. The number of aromatic nitrogens is 1. The zero-order valence-electron chi connectivity index (χ0n) is 8.91. The second-order valence-corrected chi connectivity index (χ2v) is 5.35. The summed E-state index contributed by atoms with van der Waals surface area (Å²) in [6, 6.07) is 4.95. The molecule has 3 rings (SSSR count). The molecule has 2 nitrogen and oxygen atoms in total.